The Balaban J connectivity index is 1.70. The van der Waals surface area contributed by atoms with Gasteiger partial charge in [0.15, 0.2) is 0 Å². The molecule has 0 bridgehead atoms. The summed E-state index contributed by atoms with van der Waals surface area (Å²) >= 11 is 0. The van der Waals surface area contributed by atoms with Gasteiger partial charge in [-0.05, 0) is 47.6 Å². The highest BCUT2D eigenvalue weighted by Crippen LogP contribution is 2.26. The van der Waals surface area contributed by atoms with Gasteiger partial charge in [-0.25, -0.2) is 0 Å². The maximum atomic E-state index is 12.9. The van der Waals surface area contributed by atoms with E-state index in [1.807, 2.05) is 37.3 Å². The summed E-state index contributed by atoms with van der Waals surface area (Å²) < 4.78 is 0. The first kappa shape index (κ1) is 20.9. The number of carbonyl (C=O) groups excluding carboxylic acids is 1. The molecule has 0 aromatic heterocycles. The van der Waals surface area contributed by atoms with Gasteiger partial charge in [0, 0.05) is 0 Å². The van der Waals surface area contributed by atoms with E-state index < -0.39 is 0 Å². The highest BCUT2D eigenvalue weighted by Gasteiger charge is 2.20. The second-order valence-electron chi connectivity index (χ2n) is 7.67. The summed E-state index contributed by atoms with van der Waals surface area (Å²) in [5.74, 6) is -0.0531. The predicted molar refractivity (Wildman–Crippen MR) is 122 cm³/mol. The van der Waals surface area contributed by atoms with Gasteiger partial charge in [-0.15, -0.1) is 0 Å². The predicted octanol–water partition coefficient (Wildman–Crippen LogP) is 6.68. The molecule has 0 aliphatic rings. The standard InChI is InChI=1S/C27H31NO/c1-4-9-21-12-14-23(15-13-21)24-16-18-25(19-17-24)26(5-2)27(29)28-20(3)22-10-7-6-8-11-22/h6-8,10-20,26H,4-5,9H2,1-3H3,(H,28,29). The molecule has 3 aromatic carbocycles. The first-order valence-electron chi connectivity index (χ1n) is 10.7. The van der Waals surface area contributed by atoms with Crippen molar-refractivity contribution < 1.29 is 4.79 Å². The van der Waals surface area contributed by atoms with Gasteiger partial charge in [-0.2, -0.15) is 0 Å². The van der Waals surface area contributed by atoms with E-state index in [4.69, 9.17) is 0 Å². The number of hydrogen-bond acceptors (Lipinski definition) is 1. The average molecular weight is 386 g/mol. The fourth-order valence-corrected chi connectivity index (χ4v) is 3.77. The molecule has 2 atom stereocenters. The Morgan fingerprint density at radius 3 is 1.93 bits per heavy atom. The van der Waals surface area contributed by atoms with Crippen LogP contribution in [0.4, 0.5) is 0 Å². The third-order valence-electron chi connectivity index (χ3n) is 5.52. The molecule has 2 unspecified atom stereocenters. The van der Waals surface area contributed by atoms with Gasteiger partial charge < -0.3 is 5.32 Å². The molecule has 0 fully saturated rings. The van der Waals surface area contributed by atoms with Crippen molar-refractivity contribution in [1.82, 2.24) is 5.32 Å². The molecule has 0 saturated carbocycles. The van der Waals surface area contributed by atoms with Crippen molar-refractivity contribution >= 4 is 5.91 Å². The number of hydrogen-bond donors (Lipinski definition) is 1. The minimum absolute atomic E-state index is 0.00124. The lowest BCUT2D eigenvalue weighted by Crippen LogP contribution is -2.31. The van der Waals surface area contributed by atoms with Gasteiger partial charge in [-0.3, -0.25) is 4.79 Å². The van der Waals surface area contributed by atoms with Crippen molar-refractivity contribution in [3.63, 3.8) is 0 Å². The molecule has 0 radical (unpaired) electrons. The fraction of sp³-hybridized carbons (Fsp3) is 0.296. The van der Waals surface area contributed by atoms with Gasteiger partial charge in [0.05, 0.1) is 12.0 Å². The second-order valence-corrected chi connectivity index (χ2v) is 7.67. The Labute approximate surface area is 175 Å². The van der Waals surface area contributed by atoms with Crippen LogP contribution in [-0.4, -0.2) is 5.91 Å². The molecule has 0 aliphatic heterocycles. The summed E-state index contributed by atoms with van der Waals surface area (Å²) in [6.07, 6.45) is 3.06. The summed E-state index contributed by atoms with van der Waals surface area (Å²) in [5, 5.41) is 3.17. The molecule has 0 saturated heterocycles. The molecule has 150 valence electrons. The minimum atomic E-state index is -0.137. The Kier molecular flexibility index (Phi) is 7.24. The van der Waals surface area contributed by atoms with E-state index in [0.717, 1.165) is 30.4 Å². The van der Waals surface area contributed by atoms with Gasteiger partial charge in [-0.1, -0.05) is 99.1 Å². The van der Waals surface area contributed by atoms with Crippen LogP contribution in [0.15, 0.2) is 78.9 Å². The molecule has 0 spiro atoms. The third kappa shape index (κ3) is 5.35. The zero-order valence-corrected chi connectivity index (χ0v) is 17.7. The van der Waals surface area contributed by atoms with Crippen LogP contribution in [0, 0.1) is 0 Å². The van der Waals surface area contributed by atoms with Gasteiger partial charge in [0.2, 0.25) is 5.91 Å². The highest BCUT2D eigenvalue weighted by atomic mass is 16.1. The van der Waals surface area contributed by atoms with Crippen molar-refractivity contribution in [2.45, 2.75) is 52.0 Å². The Bertz CT molecular complexity index is 898. The smallest absolute Gasteiger partial charge is 0.228 e. The molecule has 2 nitrogen and oxygen atoms in total. The van der Waals surface area contributed by atoms with Crippen LogP contribution in [0.1, 0.15) is 62.3 Å². The summed E-state index contributed by atoms with van der Waals surface area (Å²) in [5.41, 5.74) is 5.97. The SMILES string of the molecule is CCCc1ccc(-c2ccc(C(CC)C(=O)NC(C)c3ccccc3)cc2)cc1. The molecule has 29 heavy (non-hydrogen) atoms. The van der Waals surface area contributed by atoms with Crippen LogP contribution in [0.3, 0.4) is 0 Å². The first-order valence-corrected chi connectivity index (χ1v) is 10.7. The molecule has 3 aromatic rings. The van der Waals surface area contributed by atoms with Gasteiger partial charge >= 0.3 is 0 Å². The number of rotatable bonds is 8. The van der Waals surface area contributed by atoms with E-state index in [2.05, 4.69) is 67.7 Å². The number of benzene rings is 3. The second kappa shape index (κ2) is 10.1. The largest absolute Gasteiger partial charge is 0.349 e. The lowest BCUT2D eigenvalue weighted by molar-refractivity contribution is -0.123. The maximum absolute atomic E-state index is 12.9. The molecule has 1 amide bonds. The van der Waals surface area contributed by atoms with Crippen LogP contribution in [0.25, 0.3) is 11.1 Å². The first-order chi connectivity index (χ1) is 14.1. The van der Waals surface area contributed by atoms with Crippen LogP contribution >= 0.6 is 0 Å². The van der Waals surface area contributed by atoms with E-state index in [1.54, 1.807) is 0 Å². The average Bonchev–Trinajstić information content (AvgIpc) is 2.76. The van der Waals surface area contributed by atoms with E-state index >= 15 is 0 Å². The summed E-state index contributed by atoms with van der Waals surface area (Å²) in [6.45, 7) is 6.30. The van der Waals surface area contributed by atoms with Crippen molar-refractivity contribution in [2.75, 3.05) is 0 Å². The maximum Gasteiger partial charge on any atom is 0.228 e. The van der Waals surface area contributed by atoms with Crippen molar-refractivity contribution in [1.29, 1.82) is 0 Å². The van der Waals surface area contributed by atoms with Crippen LogP contribution in [0.5, 0.6) is 0 Å². The van der Waals surface area contributed by atoms with E-state index in [9.17, 15) is 4.79 Å². The molecule has 2 heteroatoms. The molecule has 1 N–H and O–H groups in total. The Morgan fingerprint density at radius 1 is 0.793 bits per heavy atom. The highest BCUT2D eigenvalue weighted by molar-refractivity contribution is 5.84. The summed E-state index contributed by atoms with van der Waals surface area (Å²) in [4.78, 5) is 12.9. The lowest BCUT2D eigenvalue weighted by Gasteiger charge is -2.20. The molecular formula is C27H31NO. The van der Waals surface area contributed by atoms with E-state index in [0.29, 0.717) is 0 Å². The monoisotopic (exact) mass is 385 g/mol. The quantitative estimate of drug-likeness (QED) is 0.460. The molecular weight excluding hydrogens is 354 g/mol. The van der Waals surface area contributed by atoms with Gasteiger partial charge in [0.1, 0.15) is 0 Å². The number of nitrogens with one attached hydrogen (secondary N) is 1. The lowest BCUT2D eigenvalue weighted by atomic mass is 9.92. The minimum Gasteiger partial charge on any atom is -0.349 e. The molecule has 3 rings (SSSR count). The fourth-order valence-electron chi connectivity index (χ4n) is 3.77. The molecule has 0 aliphatic carbocycles. The topological polar surface area (TPSA) is 29.1 Å². The zero-order valence-electron chi connectivity index (χ0n) is 17.7. The summed E-state index contributed by atoms with van der Waals surface area (Å²) in [6, 6.07) is 27.3. The Morgan fingerprint density at radius 2 is 1.38 bits per heavy atom. The van der Waals surface area contributed by atoms with Crippen molar-refractivity contribution in [3.8, 4) is 11.1 Å². The van der Waals surface area contributed by atoms with E-state index in [-0.39, 0.29) is 17.9 Å². The summed E-state index contributed by atoms with van der Waals surface area (Å²) in [7, 11) is 0. The third-order valence-corrected chi connectivity index (χ3v) is 5.52. The van der Waals surface area contributed by atoms with Crippen molar-refractivity contribution in [2.24, 2.45) is 0 Å². The number of carbonyl (C=O) groups is 1. The van der Waals surface area contributed by atoms with Crippen LogP contribution < -0.4 is 5.32 Å². The number of aryl methyl sites for hydroxylation is 1. The number of amides is 1. The van der Waals surface area contributed by atoms with Crippen molar-refractivity contribution in [3.05, 3.63) is 95.6 Å². The van der Waals surface area contributed by atoms with Crippen LogP contribution in [0.2, 0.25) is 0 Å². The van der Waals surface area contributed by atoms with E-state index in [1.165, 1.54) is 16.7 Å². The normalized spacial score (nSPS) is 12.9. The Hall–Kier alpha value is -2.87. The van der Waals surface area contributed by atoms with Crippen LogP contribution in [-0.2, 0) is 11.2 Å². The molecule has 0 heterocycles. The van der Waals surface area contributed by atoms with Gasteiger partial charge in [0.25, 0.3) is 0 Å². The zero-order chi connectivity index (χ0) is 20.6.